The summed E-state index contributed by atoms with van der Waals surface area (Å²) in [6.07, 6.45) is 0.166. The third-order valence-corrected chi connectivity index (χ3v) is 2.41. The Labute approximate surface area is 73.2 Å². The number of rotatable bonds is 3. The molecule has 70 valence electrons. The number of nitrogens with one attached hydrogen (secondary N) is 1. The van der Waals surface area contributed by atoms with Crippen molar-refractivity contribution < 1.29 is 9.90 Å². The fourth-order valence-corrected chi connectivity index (χ4v) is 1.52. The molecule has 1 heterocycles. The highest BCUT2D eigenvalue weighted by molar-refractivity contribution is 5.84. The van der Waals surface area contributed by atoms with Crippen molar-refractivity contribution in [2.24, 2.45) is 11.8 Å². The van der Waals surface area contributed by atoms with E-state index in [4.69, 9.17) is 0 Å². The van der Waals surface area contributed by atoms with Gasteiger partial charge in [-0.1, -0.05) is 13.8 Å². The van der Waals surface area contributed by atoms with Gasteiger partial charge in [0.2, 0.25) is 0 Å². The predicted octanol–water partition coefficient (Wildman–Crippen LogP) is 0.182. The van der Waals surface area contributed by atoms with Crippen LogP contribution in [0.1, 0.15) is 20.3 Å². The first-order valence-corrected chi connectivity index (χ1v) is 4.55. The first-order valence-electron chi connectivity index (χ1n) is 4.55. The van der Waals surface area contributed by atoms with Crippen LogP contribution in [0.4, 0.5) is 0 Å². The van der Waals surface area contributed by atoms with Crippen molar-refractivity contribution in [1.29, 1.82) is 0 Å². The topological polar surface area (TPSA) is 49.3 Å². The molecule has 2 unspecified atom stereocenters. The van der Waals surface area contributed by atoms with Crippen LogP contribution in [0.3, 0.4) is 0 Å². The van der Waals surface area contributed by atoms with Crippen LogP contribution in [0.2, 0.25) is 0 Å². The average Bonchev–Trinajstić information content (AvgIpc) is 2.53. The molecule has 0 spiro atoms. The number of carbonyl (C=O) groups is 1. The summed E-state index contributed by atoms with van der Waals surface area (Å²) in [6, 6.07) is 0. The van der Waals surface area contributed by atoms with Crippen LogP contribution >= 0.6 is 0 Å². The van der Waals surface area contributed by atoms with Crippen LogP contribution in [0.5, 0.6) is 0 Å². The number of aliphatic hydroxyl groups excluding tert-OH is 1. The first kappa shape index (κ1) is 9.68. The standard InChI is InChI=1S/C9H17NO2/c1-6(2)8(11)9(12)7-3-4-10-5-7/h6-7,9-10,12H,3-5H2,1-2H3. The number of hydrogen-bond donors (Lipinski definition) is 2. The molecule has 12 heavy (non-hydrogen) atoms. The summed E-state index contributed by atoms with van der Waals surface area (Å²) in [7, 11) is 0. The summed E-state index contributed by atoms with van der Waals surface area (Å²) in [6.45, 7) is 5.36. The molecule has 0 radical (unpaired) electrons. The Balaban J connectivity index is 2.45. The molecule has 0 aromatic carbocycles. The molecule has 2 atom stereocenters. The van der Waals surface area contributed by atoms with Gasteiger partial charge in [0, 0.05) is 18.4 Å². The second kappa shape index (κ2) is 4.01. The highest BCUT2D eigenvalue weighted by Gasteiger charge is 2.29. The second-order valence-corrected chi connectivity index (χ2v) is 3.75. The van der Waals surface area contributed by atoms with Crippen molar-refractivity contribution in [1.82, 2.24) is 5.32 Å². The molecule has 0 bridgehead atoms. The van der Waals surface area contributed by atoms with Gasteiger partial charge in [0.1, 0.15) is 6.10 Å². The Bertz CT molecular complexity index is 162. The summed E-state index contributed by atoms with van der Waals surface area (Å²) >= 11 is 0. The minimum atomic E-state index is -0.750. The van der Waals surface area contributed by atoms with Crippen molar-refractivity contribution >= 4 is 5.78 Å². The van der Waals surface area contributed by atoms with Crippen LogP contribution in [0.25, 0.3) is 0 Å². The Hall–Kier alpha value is -0.410. The molecular formula is C9H17NO2. The van der Waals surface area contributed by atoms with Crippen molar-refractivity contribution in [2.75, 3.05) is 13.1 Å². The number of Topliss-reactive ketones (excluding diaryl/α,β-unsaturated/α-hetero) is 1. The zero-order valence-electron chi connectivity index (χ0n) is 7.71. The molecule has 1 saturated heterocycles. The van der Waals surface area contributed by atoms with Gasteiger partial charge in [0.05, 0.1) is 0 Å². The van der Waals surface area contributed by atoms with Crippen molar-refractivity contribution in [2.45, 2.75) is 26.4 Å². The maximum atomic E-state index is 11.4. The third kappa shape index (κ3) is 2.05. The van der Waals surface area contributed by atoms with Gasteiger partial charge >= 0.3 is 0 Å². The Morgan fingerprint density at radius 3 is 2.67 bits per heavy atom. The lowest BCUT2D eigenvalue weighted by Crippen LogP contribution is -2.33. The van der Waals surface area contributed by atoms with Gasteiger partial charge in [-0.15, -0.1) is 0 Å². The van der Waals surface area contributed by atoms with Gasteiger partial charge in [-0.05, 0) is 13.0 Å². The van der Waals surface area contributed by atoms with Crippen molar-refractivity contribution in [3.63, 3.8) is 0 Å². The molecule has 0 saturated carbocycles. The van der Waals surface area contributed by atoms with E-state index in [0.717, 1.165) is 19.5 Å². The fraction of sp³-hybridized carbons (Fsp3) is 0.889. The molecule has 0 aromatic heterocycles. The Morgan fingerprint density at radius 1 is 1.58 bits per heavy atom. The van der Waals surface area contributed by atoms with E-state index in [1.807, 2.05) is 13.8 Å². The normalized spacial score (nSPS) is 26.2. The fourth-order valence-electron chi connectivity index (χ4n) is 1.52. The van der Waals surface area contributed by atoms with Gasteiger partial charge in [0.15, 0.2) is 5.78 Å². The van der Waals surface area contributed by atoms with Crippen LogP contribution < -0.4 is 5.32 Å². The highest BCUT2D eigenvalue weighted by Crippen LogP contribution is 2.16. The summed E-state index contributed by atoms with van der Waals surface area (Å²) in [4.78, 5) is 11.4. The molecule has 2 N–H and O–H groups in total. The largest absolute Gasteiger partial charge is 0.385 e. The summed E-state index contributed by atoms with van der Waals surface area (Å²) < 4.78 is 0. The van der Waals surface area contributed by atoms with Gasteiger partial charge in [-0.25, -0.2) is 0 Å². The van der Waals surface area contributed by atoms with E-state index >= 15 is 0 Å². The number of carbonyl (C=O) groups excluding carboxylic acids is 1. The quantitative estimate of drug-likeness (QED) is 0.637. The monoisotopic (exact) mass is 171 g/mol. The molecule has 3 heteroatoms. The average molecular weight is 171 g/mol. The Morgan fingerprint density at radius 2 is 2.25 bits per heavy atom. The van der Waals surface area contributed by atoms with Crippen LogP contribution in [-0.4, -0.2) is 30.1 Å². The molecule has 1 rings (SSSR count). The van der Waals surface area contributed by atoms with E-state index in [0.29, 0.717) is 0 Å². The minimum absolute atomic E-state index is 0.0244. The summed E-state index contributed by atoms with van der Waals surface area (Å²) in [5.41, 5.74) is 0. The third-order valence-electron chi connectivity index (χ3n) is 2.41. The molecule has 1 fully saturated rings. The van der Waals surface area contributed by atoms with Gasteiger partial charge < -0.3 is 10.4 Å². The summed E-state index contributed by atoms with van der Waals surface area (Å²) in [5.74, 6) is 0.0594. The zero-order valence-corrected chi connectivity index (χ0v) is 7.71. The molecule has 1 aliphatic rings. The maximum Gasteiger partial charge on any atom is 0.164 e. The van der Waals surface area contributed by atoms with Crippen molar-refractivity contribution in [3.8, 4) is 0 Å². The molecule has 0 amide bonds. The lowest BCUT2D eigenvalue weighted by molar-refractivity contribution is -0.132. The Kier molecular flexibility index (Phi) is 3.23. The molecule has 0 aromatic rings. The predicted molar refractivity (Wildman–Crippen MR) is 46.8 cm³/mol. The van der Waals surface area contributed by atoms with Crippen LogP contribution in [0, 0.1) is 11.8 Å². The smallest absolute Gasteiger partial charge is 0.164 e. The van der Waals surface area contributed by atoms with Crippen LogP contribution in [-0.2, 0) is 4.79 Å². The summed E-state index contributed by atoms with van der Waals surface area (Å²) in [5, 5.41) is 12.7. The minimum Gasteiger partial charge on any atom is -0.385 e. The molecule has 1 aliphatic heterocycles. The highest BCUT2D eigenvalue weighted by atomic mass is 16.3. The van der Waals surface area contributed by atoms with Crippen molar-refractivity contribution in [3.05, 3.63) is 0 Å². The molecule has 0 aliphatic carbocycles. The van der Waals surface area contributed by atoms with E-state index in [1.54, 1.807) is 0 Å². The first-order chi connectivity index (χ1) is 5.63. The number of hydrogen-bond acceptors (Lipinski definition) is 3. The van der Waals surface area contributed by atoms with E-state index in [1.165, 1.54) is 0 Å². The van der Waals surface area contributed by atoms with E-state index in [-0.39, 0.29) is 17.6 Å². The SMILES string of the molecule is CC(C)C(=O)C(O)C1CCNC1. The zero-order chi connectivity index (χ0) is 9.14. The number of aliphatic hydroxyl groups is 1. The van der Waals surface area contributed by atoms with Gasteiger partial charge in [-0.2, -0.15) is 0 Å². The van der Waals surface area contributed by atoms with Crippen LogP contribution in [0.15, 0.2) is 0 Å². The lowest BCUT2D eigenvalue weighted by Gasteiger charge is -2.17. The van der Waals surface area contributed by atoms with E-state index < -0.39 is 6.10 Å². The lowest BCUT2D eigenvalue weighted by atomic mass is 9.93. The van der Waals surface area contributed by atoms with E-state index in [2.05, 4.69) is 5.32 Å². The molecule has 3 nitrogen and oxygen atoms in total. The number of ketones is 1. The maximum absolute atomic E-state index is 11.4. The second-order valence-electron chi connectivity index (χ2n) is 3.75. The van der Waals surface area contributed by atoms with E-state index in [9.17, 15) is 9.90 Å². The van der Waals surface area contributed by atoms with Gasteiger partial charge in [-0.3, -0.25) is 4.79 Å². The molecular weight excluding hydrogens is 154 g/mol. The van der Waals surface area contributed by atoms with Gasteiger partial charge in [0.25, 0.3) is 0 Å².